The first-order valence-electron chi connectivity index (χ1n) is 22.5. The average molecular weight is 820 g/mol. The van der Waals surface area contributed by atoms with E-state index < -0.39 is 18.1 Å². The summed E-state index contributed by atoms with van der Waals surface area (Å²) in [5, 5.41) is 11.6. The van der Waals surface area contributed by atoms with Gasteiger partial charge in [0.25, 0.3) is 0 Å². The van der Waals surface area contributed by atoms with Crippen molar-refractivity contribution >= 4 is 17.9 Å². The Labute approximate surface area is 359 Å². The predicted molar refractivity (Wildman–Crippen MR) is 244 cm³/mol. The van der Waals surface area contributed by atoms with E-state index in [-0.39, 0.29) is 55.5 Å². The van der Waals surface area contributed by atoms with E-state index >= 15 is 0 Å². The van der Waals surface area contributed by atoms with Gasteiger partial charge in [-0.2, -0.15) is 0 Å². The number of carboxylic acids is 1. The van der Waals surface area contributed by atoms with Crippen molar-refractivity contribution < 1.29 is 38.2 Å². The van der Waals surface area contributed by atoms with Crippen molar-refractivity contribution in [1.82, 2.24) is 0 Å². The van der Waals surface area contributed by atoms with E-state index in [9.17, 15) is 19.5 Å². The Kier molecular flexibility index (Phi) is 38.0. The molecule has 2 unspecified atom stereocenters. The van der Waals surface area contributed by atoms with E-state index in [0.717, 1.165) is 83.5 Å². The molecule has 0 heterocycles. The van der Waals surface area contributed by atoms with E-state index in [1.807, 2.05) is 12.2 Å². The normalized spacial score (nSPS) is 14.0. The molecule has 0 radical (unpaired) electrons. The van der Waals surface area contributed by atoms with E-state index in [1.165, 1.54) is 19.3 Å². The lowest BCUT2D eigenvalue weighted by molar-refractivity contribution is -0.889. The molecule has 59 heavy (non-hydrogen) atoms. The maximum atomic E-state index is 12.7. The zero-order valence-electron chi connectivity index (χ0n) is 37.6. The smallest absolute Gasteiger partial charge is 0.306 e. The molecule has 2 atom stereocenters. The van der Waals surface area contributed by atoms with Gasteiger partial charge in [-0.15, -0.1) is 0 Å². The second-order valence-electron chi connectivity index (χ2n) is 15.6. The van der Waals surface area contributed by atoms with Crippen LogP contribution in [0.3, 0.4) is 0 Å². The van der Waals surface area contributed by atoms with Gasteiger partial charge in [-0.3, -0.25) is 9.59 Å². The van der Waals surface area contributed by atoms with E-state index in [2.05, 4.69) is 111 Å². The highest BCUT2D eigenvalue weighted by Gasteiger charge is 2.25. The standard InChI is InChI=1S/C51H81NO7/c1-6-8-10-12-14-16-18-20-22-24-26-28-30-32-34-36-38-40-42-50(54)59-47(45-57-44-43-48(51(55)56)52(3,4)5)46-58-49(53)41-39-37-35-33-31-29-27-25-23-21-19-17-15-13-11-9-7-2/h9,11,14-18,20-24,26-29,33,35,47-48H,6-8,10,12-13,19,25,30-32,34,36-46H2,1-5H3/b11-9+,16-14+,17-15+,20-18+,23-21+,24-22+,28-26+,29-27+,35-33+. The van der Waals surface area contributed by atoms with Gasteiger partial charge in [-0.25, -0.2) is 0 Å². The Morgan fingerprint density at radius 3 is 1.59 bits per heavy atom. The van der Waals surface area contributed by atoms with Gasteiger partial charge in [-0.1, -0.05) is 155 Å². The number of hydrogen-bond donors (Lipinski definition) is 0. The number of likely N-dealkylation sites (N-methyl/N-ethyl adjacent to an activating group) is 1. The minimum atomic E-state index is -1.14. The molecule has 0 rings (SSSR count). The van der Waals surface area contributed by atoms with E-state index in [1.54, 1.807) is 21.1 Å². The molecule has 0 aromatic carbocycles. The molecule has 332 valence electrons. The van der Waals surface area contributed by atoms with Gasteiger partial charge in [0.2, 0.25) is 0 Å². The minimum absolute atomic E-state index is 0.00509. The number of hydrogen-bond acceptors (Lipinski definition) is 7. The highest BCUT2D eigenvalue weighted by atomic mass is 16.6. The topological polar surface area (TPSA) is 102 Å². The number of aliphatic carboxylic acids is 1. The van der Waals surface area contributed by atoms with Crippen LogP contribution in [0.2, 0.25) is 0 Å². The highest BCUT2D eigenvalue weighted by molar-refractivity contribution is 5.70. The fraction of sp³-hybridized carbons (Fsp3) is 0.588. The number of rotatable bonds is 38. The third kappa shape index (κ3) is 39.2. The number of ether oxygens (including phenoxy) is 3. The van der Waals surface area contributed by atoms with Crippen LogP contribution in [0.5, 0.6) is 0 Å². The van der Waals surface area contributed by atoms with Crippen molar-refractivity contribution in [2.24, 2.45) is 0 Å². The van der Waals surface area contributed by atoms with Crippen molar-refractivity contribution in [3.63, 3.8) is 0 Å². The number of esters is 2. The Morgan fingerprint density at radius 2 is 1.03 bits per heavy atom. The van der Waals surface area contributed by atoms with Gasteiger partial charge in [0.15, 0.2) is 6.10 Å². The van der Waals surface area contributed by atoms with Gasteiger partial charge in [-0.05, 0) is 77.0 Å². The first-order chi connectivity index (χ1) is 28.6. The maximum Gasteiger partial charge on any atom is 0.306 e. The average Bonchev–Trinajstić information content (AvgIpc) is 3.19. The molecule has 8 nitrogen and oxygen atoms in total. The van der Waals surface area contributed by atoms with Crippen molar-refractivity contribution in [2.75, 3.05) is 41.0 Å². The fourth-order valence-electron chi connectivity index (χ4n) is 5.76. The summed E-state index contributed by atoms with van der Waals surface area (Å²) in [5.41, 5.74) is 0. The Balaban J connectivity index is 4.52. The van der Waals surface area contributed by atoms with Crippen LogP contribution >= 0.6 is 0 Å². The summed E-state index contributed by atoms with van der Waals surface area (Å²) < 4.78 is 17.1. The first-order valence-corrected chi connectivity index (χ1v) is 22.5. The Bertz CT molecular complexity index is 1330. The molecule has 0 aliphatic heterocycles. The third-order valence-corrected chi connectivity index (χ3v) is 9.24. The molecule has 0 aliphatic rings. The Morgan fingerprint density at radius 1 is 0.542 bits per heavy atom. The molecule has 0 saturated carbocycles. The molecule has 0 aromatic heterocycles. The highest BCUT2D eigenvalue weighted by Crippen LogP contribution is 2.11. The second-order valence-corrected chi connectivity index (χ2v) is 15.6. The number of unbranched alkanes of at least 4 members (excludes halogenated alkanes) is 9. The first kappa shape index (κ1) is 55.0. The van der Waals surface area contributed by atoms with Crippen LogP contribution in [-0.2, 0) is 28.6 Å². The summed E-state index contributed by atoms with van der Waals surface area (Å²) in [7, 11) is 5.37. The maximum absolute atomic E-state index is 12.7. The monoisotopic (exact) mass is 820 g/mol. The summed E-state index contributed by atoms with van der Waals surface area (Å²) in [5.74, 6) is -1.86. The number of quaternary nitrogens is 1. The van der Waals surface area contributed by atoms with E-state index in [4.69, 9.17) is 14.2 Å². The molecule has 0 aromatic rings. The summed E-state index contributed by atoms with van der Waals surface area (Å²) in [4.78, 5) is 36.9. The molecule has 0 spiro atoms. The van der Waals surface area contributed by atoms with Crippen LogP contribution in [-0.4, -0.2) is 75.5 Å². The number of carbonyl (C=O) groups excluding carboxylic acids is 3. The molecule has 0 amide bonds. The molecule has 0 N–H and O–H groups in total. The summed E-state index contributed by atoms with van der Waals surface area (Å²) in [6, 6.07) is -0.746. The zero-order valence-corrected chi connectivity index (χ0v) is 37.6. The molecular weight excluding hydrogens is 739 g/mol. The van der Waals surface area contributed by atoms with Crippen LogP contribution in [0.4, 0.5) is 0 Å². The lowest BCUT2D eigenvalue weighted by Gasteiger charge is -2.34. The van der Waals surface area contributed by atoms with Crippen LogP contribution in [0, 0.1) is 0 Å². The van der Waals surface area contributed by atoms with Crippen LogP contribution in [0.25, 0.3) is 0 Å². The quantitative estimate of drug-likeness (QED) is 0.0201. The number of carboxylic acid groups (broad SMARTS) is 1. The van der Waals surface area contributed by atoms with Crippen LogP contribution in [0.15, 0.2) is 109 Å². The van der Waals surface area contributed by atoms with Crippen molar-refractivity contribution in [3.8, 4) is 0 Å². The lowest BCUT2D eigenvalue weighted by Crippen LogP contribution is -2.55. The van der Waals surface area contributed by atoms with Crippen LogP contribution in [0.1, 0.15) is 142 Å². The molecular formula is C51H81NO7. The van der Waals surface area contributed by atoms with Crippen molar-refractivity contribution in [1.29, 1.82) is 0 Å². The molecule has 8 heteroatoms. The SMILES string of the molecule is CC/C=C/C/C=C/C/C=C/C/C=C/C/C=C/CCCC(=O)OCC(COCCC(C(=O)[O-])[N+](C)(C)C)OC(=O)CCCCCCC/C=C/C=C/C=C/C=C/CCCCC. The van der Waals surface area contributed by atoms with Crippen LogP contribution < -0.4 is 5.11 Å². The van der Waals surface area contributed by atoms with Crippen molar-refractivity contribution in [2.45, 2.75) is 154 Å². The Hall–Kier alpha value is -4.01. The fourth-order valence-corrected chi connectivity index (χ4v) is 5.76. The van der Waals surface area contributed by atoms with Gasteiger partial charge < -0.3 is 28.6 Å². The van der Waals surface area contributed by atoms with E-state index in [0.29, 0.717) is 6.42 Å². The summed E-state index contributed by atoms with van der Waals surface area (Å²) in [6.07, 6.45) is 55.4. The number of nitrogens with zero attached hydrogens (tertiary/aromatic N) is 1. The number of carbonyl (C=O) groups is 3. The summed E-state index contributed by atoms with van der Waals surface area (Å²) >= 11 is 0. The molecule has 0 bridgehead atoms. The van der Waals surface area contributed by atoms with Gasteiger partial charge in [0, 0.05) is 19.3 Å². The van der Waals surface area contributed by atoms with Gasteiger partial charge in [0.05, 0.1) is 40.3 Å². The summed E-state index contributed by atoms with van der Waals surface area (Å²) in [6.45, 7) is 4.39. The number of allylic oxidation sites excluding steroid dienone is 18. The predicted octanol–water partition coefficient (Wildman–Crippen LogP) is 11.1. The minimum Gasteiger partial charge on any atom is -0.544 e. The van der Waals surface area contributed by atoms with Crippen molar-refractivity contribution in [3.05, 3.63) is 109 Å². The van der Waals surface area contributed by atoms with Gasteiger partial charge in [0.1, 0.15) is 12.6 Å². The second kappa shape index (κ2) is 40.8. The third-order valence-electron chi connectivity index (χ3n) is 9.24. The molecule has 0 aliphatic carbocycles. The zero-order chi connectivity index (χ0) is 43.5. The molecule has 0 saturated heterocycles. The lowest BCUT2D eigenvalue weighted by atomic mass is 10.1. The largest absolute Gasteiger partial charge is 0.544 e. The van der Waals surface area contributed by atoms with Gasteiger partial charge >= 0.3 is 11.9 Å². The molecule has 0 fully saturated rings.